The number of aromatic nitrogens is 1. The molecule has 0 saturated heterocycles. The van der Waals surface area contributed by atoms with Crippen molar-refractivity contribution in [3.8, 4) is 0 Å². The molecule has 0 spiro atoms. The van der Waals surface area contributed by atoms with Gasteiger partial charge in [-0.1, -0.05) is 32.9 Å². The lowest BCUT2D eigenvalue weighted by molar-refractivity contribution is 0.282. The van der Waals surface area contributed by atoms with Crippen LogP contribution in [0.3, 0.4) is 0 Å². The van der Waals surface area contributed by atoms with Gasteiger partial charge in [0.2, 0.25) is 0 Å². The molecule has 2 nitrogen and oxygen atoms in total. The molecule has 0 amide bonds. The van der Waals surface area contributed by atoms with Crippen LogP contribution in [0.15, 0.2) is 34.5 Å². The molecular formula is C15H19NOS2. The van der Waals surface area contributed by atoms with Gasteiger partial charge in [0, 0.05) is 15.7 Å². The lowest BCUT2D eigenvalue weighted by Crippen LogP contribution is -2.11. The molecule has 4 heteroatoms. The van der Waals surface area contributed by atoms with Gasteiger partial charge in [0.25, 0.3) is 0 Å². The Balaban J connectivity index is 1.96. The predicted octanol–water partition coefficient (Wildman–Crippen LogP) is 4.23. The van der Waals surface area contributed by atoms with Crippen molar-refractivity contribution in [1.29, 1.82) is 0 Å². The number of thiazole rings is 1. The number of hydrogen-bond acceptors (Lipinski definition) is 4. The summed E-state index contributed by atoms with van der Waals surface area (Å²) in [4.78, 5) is 5.90. The first-order chi connectivity index (χ1) is 8.99. The Morgan fingerprint density at radius 3 is 2.42 bits per heavy atom. The van der Waals surface area contributed by atoms with E-state index >= 15 is 0 Å². The van der Waals surface area contributed by atoms with Crippen LogP contribution in [0.4, 0.5) is 0 Å². The van der Waals surface area contributed by atoms with Gasteiger partial charge in [-0.15, -0.1) is 23.1 Å². The van der Waals surface area contributed by atoms with E-state index in [-0.39, 0.29) is 12.0 Å². The zero-order chi connectivity index (χ0) is 13.9. The number of benzene rings is 1. The van der Waals surface area contributed by atoms with E-state index < -0.39 is 0 Å². The molecule has 0 radical (unpaired) electrons. The summed E-state index contributed by atoms with van der Waals surface area (Å²) in [6.07, 6.45) is 0. The number of nitrogens with zero attached hydrogens (tertiary/aromatic N) is 1. The Kier molecular flexibility index (Phi) is 4.66. The third kappa shape index (κ3) is 4.06. The summed E-state index contributed by atoms with van der Waals surface area (Å²) in [6, 6.07) is 8.03. The van der Waals surface area contributed by atoms with Crippen LogP contribution in [0.1, 0.15) is 37.0 Å². The van der Waals surface area contributed by atoms with Crippen molar-refractivity contribution in [2.75, 3.05) is 0 Å². The van der Waals surface area contributed by atoms with Crippen molar-refractivity contribution >= 4 is 23.1 Å². The van der Waals surface area contributed by atoms with E-state index in [2.05, 4.69) is 43.3 Å². The lowest BCUT2D eigenvalue weighted by Gasteiger charge is -2.14. The number of rotatable bonds is 4. The molecule has 0 fully saturated rings. The fourth-order valence-electron chi connectivity index (χ4n) is 1.56. The van der Waals surface area contributed by atoms with Crippen LogP contribution in [0, 0.1) is 0 Å². The van der Waals surface area contributed by atoms with Crippen molar-refractivity contribution in [1.82, 2.24) is 4.98 Å². The van der Waals surface area contributed by atoms with Gasteiger partial charge < -0.3 is 5.11 Å². The van der Waals surface area contributed by atoms with Crippen molar-refractivity contribution < 1.29 is 5.11 Å². The summed E-state index contributed by atoms with van der Waals surface area (Å²) in [5.74, 6) is 0.902. The topological polar surface area (TPSA) is 33.1 Å². The van der Waals surface area contributed by atoms with Crippen molar-refractivity contribution in [3.63, 3.8) is 0 Å². The quantitative estimate of drug-likeness (QED) is 0.857. The Bertz CT molecular complexity index is 526. The average molecular weight is 293 g/mol. The average Bonchev–Trinajstić information content (AvgIpc) is 2.86. The van der Waals surface area contributed by atoms with Crippen molar-refractivity contribution in [2.45, 2.75) is 43.4 Å². The molecule has 1 N–H and O–H groups in total. The summed E-state index contributed by atoms with van der Waals surface area (Å²) in [7, 11) is 0. The molecule has 0 atom stereocenters. The van der Waals surface area contributed by atoms with Crippen LogP contribution in [-0.2, 0) is 17.8 Å². The first kappa shape index (κ1) is 14.6. The summed E-state index contributed by atoms with van der Waals surface area (Å²) < 4.78 is 0. The third-order valence-corrected chi connectivity index (χ3v) is 4.84. The van der Waals surface area contributed by atoms with Gasteiger partial charge in [0.1, 0.15) is 5.01 Å². The minimum absolute atomic E-state index is 0.104. The minimum atomic E-state index is 0.104. The second-order valence-corrected chi connectivity index (χ2v) is 7.46. The molecule has 0 unspecified atom stereocenters. The minimum Gasteiger partial charge on any atom is -0.392 e. The van der Waals surface area contributed by atoms with Gasteiger partial charge in [-0.2, -0.15) is 0 Å². The molecule has 0 aliphatic rings. The fourth-order valence-corrected chi connectivity index (χ4v) is 3.49. The maximum absolute atomic E-state index is 9.00. The molecular weight excluding hydrogens is 274 g/mol. The summed E-state index contributed by atoms with van der Waals surface area (Å²) in [5.41, 5.74) is 2.25. The maximum Gasteiger partial charge on any atom is 0.103 e. The molecule has 0 aliphatic heterocycles. The van der Waals surface area contributed by atoms with E-state index in [0.717, 1.165) is 11.3 Å². The zero-order valence-electron chi connectivity index (χ0n) is 11.5. The largest absolute Gasteiger partial charge is 0.392 e. The first-order valence-electron chi connectivity index (χ1n) is 6.26. The smallest absolute Gasteiger partial charge is 0.103 e. The molecule has 1 aromatic carbocycles. The molecule has 2 aromatic rings. The first-order valence-corrected chi connectivity index (χ1v) is 8.13. The Labute approximate surface area is 122 Å². The van der Waals surface area contributed by atoms with Crippen molar-refractivity contribution in [3.05, 3.63) is 45.9 Å². The number of hydrogen-bond donors (Lipinski definition) is 1. The lowest BCUT2D eigenvalue weighted by atomic mass is 9.93. The highest BCUT2D eigenvalue weighted by molar-refractivity contribution is 7.98. The van der Waals surface area contributed by atoms with Crippen LogP contribution in [0.25, 0.3) is 0 Å². The summed E-state index contributed by atoms with van der Waals surface area (Å²) >= 11 is 3.51. The SMILES string of the molecule is CC(C)(C)c1csc(CSc2ccc(CO)cc2)n1. The van der Waals surface area contributed by atoms with Gasteiger partial charge in [-0.3, -0.25) is 0 Å². The van der Waals surface area contributed by atoms with Gasteiger partial charge in [-0.05, 0) is 17.7 Å². The van der Waals surface area contributed by atoms with Crippen LogP contribution < -0.4 is 0 Å². The van der Waals surface area contributed by atoms with E-state index in [0.29, 0.717) is 0 Å². The van der Waals surface area contributed by atoms with E-state index in [9.17, 15) is 0 Å². The zero-order valence-corrected chi connectivity index (χ0v) is 13.1. The van der Waals surface area contributed by atoms with Gasteiger partial charge in [0.05, 0.1) is 18.1 Å². The highest BCUT2D eigenvalue weighted by atomic mass is 32.2. The van der Waals surface area contributed by atoms with E-state index in [4.69, 9.17) is 5.11 Å². The molecule has 1 heterocycles. The second-order valence-electron chi connectivity index (χ2n) is 5.47. The van der Waals surface area contributed by atoms with Crippen LogP contribution in [0.5, 0.6) is 0 Å². The molecule has 0 aliphatic carbocycles. The Hall–Kier alpha value is -0.840. The molecule has 2 rings (SSSR count). The monoisotopic (exact) mass is 293 g/mol. The highest BCUT2D eigenvalue weighted by Gasteiger charge is 2.17. The number of aliphatic hydroxyl groups is 1. The maximum atomic E-state index is 9.00. The van der Waals surface area contributed by atoms with E-state index in [1.807, 2.05) is 12.1 Å². The van der Waals surface area contributed by atoms with Gasteiger partial charge in [-0.25, -0.2) is 4.98 Å². The van der Waals surface area contributed by atoms with Crippen LogP contribution in [0.2, 0.25) is 0 Å². The summed E-state index contributed by atoms with van der Waals surface area (Å²) in [6.45, 7) is 6.66. The molecule has 1 aromatic heterocycles. The van der Waals surface area contributed by atoms with Crippen LogP contribution in [-0.4, -0.2) is 10.1 Å². The number of thioether (sulfide) groups is 1. The third-order valence-electron chi connectivity index (χ3n) is 2.79. The van der Waals surface area contributed by atoms with E-state index in [1.54, 1.807) is 23.1 Å². The Morgan fingerprint density at radius 1 is 1.21 bits per heavy atom. The van der Waals surface area contributed by atoms with Gasteiger partial charge in [0.15, 0.2) is 0 Å². The van der Waals surface area contributed by atoms with E-state index in [1.165, 1.54) is 15.6 Å². The fraction of sp³-hybridized carbons (Fsp3) is 0.400. The van der Waals surface area contributed by atoms with Crippen molar-refractivity contribution in [2.24, 2.45) is 0 Å². The van der Waals surface area contributed by atoms with Crippen LogP contribution >= 0.6 is 23.1 Å². The molecule has 0 bridgehead atoms. The predicted molar refractivity (Wildman–Crippen MR) is 82.7 cm³/mol. The molecule has 19 heavy (non-hydrogen) atoms. The molecule has 102 valence electrons. The number of aliphatic hydroxyl groups excluding tert-OH is 1. The standard InChI is InChI=1S/C15H19NOS2/c1-15(2,3)13-9-19-14(16-13)10-18-12-6-4-11(8-17)5-7-12/h4-7,9,17H,8,10H2,1-3H3. The molecule has 0 saturated carbocycles. The second kappa shape index (κ2) is 6.07. The highest BCUT2D eigenvalue weighted by Crippen LogP contribution is 2.28. The summed E-state index contributed by atoms with van der Waals surface area (Å²) in [5, 5.41) is 12.3. The Morgan fingerprint density at radius 2 is 1.89 bits per heavy atom. The normalized spacial score (nSPS) is 11.8. The van der Waals surface area contributed by atoms with Gasteiger partial charge >= 0.3 is 0 Å².